The molecule has 12 rings (SSSR count). The third-order valence-electron chi connectivity index (χ3n) is 19.0. The standard InChI is InChI=1S/C22H25N3O6.C19H25NO6.C17H17N3O4.C15H20O5.C5H8N2O2/c1-22(2,3)31-21(30)24-8-4-5-12-9-14-15(10-13(12)11-24)20(29)25(19(14)28)16-6-7-17(26)23-18(16)27;1-19(2,3)26-18(23)20-8-6-7-12-9-14(16(21)24-4)15(17(22)25-5)10-13(12)11-20;21-14-4-3-13(15(22)19-14)20-16(23)11-6-9-2-1-5-18-8-10(9)7-12(11)17(20)24;1-4-10-8-12(14(17)19-2)13(15(18)20-3)9-11(10)6-5-7-16;6-3-1-2-4(8)7-5(3)9/h9-10,16H,4-8,11H2,1-3H3,(H,23,26,27);9-10H,6-8,11H2,1-5H3;6-7,13,18H,1-5,8H2,(H,19,21,22);8-9,16H,4-7H2,1-3H3;3H,1-2,6H2,(H,7,8,9). The summed E-state index contributed by atoms with van der Waals surface area (Å²) < 4.78 is 29.9. The summed E-state index contributed by atoms with van der Waals surface area (Å²) in [5, 5.41) is 18.7. The minimum absolute atomic E-state index is 0.0746. The number of fused-ring (bicyclic) bond motifs is 5. The number of nitrogens with one attached hydrogen (secondary N) is 4. The molecule has 0 radical (unpaired) electrons. The van der Waals surface area contributed by atoms with Crippen molar-refractivity contribution in [2.24, 2.45) is 5.73 Å². The van der Waals surface area contributed by atoms with Gasteiger partial charge in [-0.2, -0.15) is 0 Å². The molecule has 0 spiro atoms. The lowest BCUT2D eigenvalue weighted by atomic mass is 9.94. The summed E-state index contributed by atoms with van der Waals surface area (Å²) >= 11 is 0. The van der Waals surface area contributed by atoms with Gasteiger partial charge < -0.3 is 54.4 Å². The van der Waals surface area contributed by atoms with E-state index in [1.165, 1.54) is 28.4 Å². The predicted molar refractivity (Wildman–Crippen MR) is 390 cm³/mol. The van der Waals surface area contributed by atoms with Gasteiger partial charge in [-0.05, 0) is 218 Å². The zero-order valence-electron chi connectivity index (χ0n) is 63.7. The molecule has 4 aromatic rings. The van der Waals surface area contributed by atoms with Crippen LogP contribution in [0.25, 0.3) is 0 Å². The molecular weight excluding hydrogens is 1430 g/mol. The number of aliphatic hydroxyl groups excluding tert-OH is 1. The molecule has 4 aromatic carbocycles. The highest BCUT2D eigenvalue weighted by atomic mass is 16.6. The zero-order chi connectivity index (χ0) is 80.8. The molecule has 590 valence electrons. The van der Waals surface area contributed by atoms with E-state index in [1.54, 1.807) is 79.1 Å². The minimum Gasteiger partial charge on any atom is -0.465 e. The highest BCUT2D eigenvalue weighted by molar-refractivity contribution is 6.25. The normalized spacial score (nSPS) is 18.7. The topological polar surface area (TPSA) is 436 Å². The number of nitrogens with two attached hydrogens (primary N) is 1. The van der Waals surface area contributed by atoms with E-state index in [2.05, 4.69) is 21.3 Å². The third-order valence-corrected chi connectivity index (χ3v) is 19.0. The fourth-order valence-corrected chi connectivity index (χ4v) is 13.5. The lowest BCUT2D eigenvalue weighted by Gasteiger charge is -2.27. The molecule has 0 saturated carbocycles. The van der Waals surface area contributed by atoms with Gasteiger partial charge in [0.2, 0.25) is 35.4 Å². The number of carbonyl (C=O) groups is 16. The average Bonchev–Trinajstić information content (AvgIpc) is 1.60. The molecule has 8 aliphatic heterocycles. The van der Waals surface area contributed by atoms with Crippen LogP contribution in [0.2, 0.25) is 0 Å². The van der Waals surface area contributed by atoms with Gasteiger partial charge in [0.05, 0.1) is 79.0 Å². The second kappa shape index (κ2) is 36.9. The van der Waals surface area contributed by atoms with E-state index in [0.717, 1.165) is 86.5 Å². The van der Waals surface area contributed by atoms with E-state index in [1.807, 2.05) is 27.7 Å². The molecular formula is C78H95N9O23. The quantitative estimate of drug-likeness (QED) is 0.0663. The Bertz CT molecular complexity index is 4320. The molecule has 32 nitrogen and oxygen atoms in total. The summed E-state index contributed by atoms with van der Waals surface area (Å²) in [6.45, 7) is 16.1. The molecule has 110 heavy (non-hydrogen) atoms. The number of hydrogen-bond donors (Lipinski definition) is 6. The number of imide groups is 5. The van der Waals surface area contributed by atoms with E-state index >= 15 is 0 Å². The number of aryl methyl sites for hydroxylation is 5. The van der Waals surface area contributed by atoms with Crippen LogP contribution in [0.4, 0.5) is 9.59 Å². The average molecular weight is 1530 g/mol. The van der Waals surface area contributed by atoms with Gasteiger partial charge in [-0.15, -0.1) is 0 Å². The van der Waals surface area contributed by atoms with Gasteiger partial charge in [-0.25, -0.2) is 28.8 Å². The van der Waals surface area contributed by atoms with Gasteiger partial charge >= 0.3 is 36.1 Å². The summed E-state index contributed by atoms with van der Waals surface area (Å²) in [5.74, 6) is -6.88. The van der Waals surface area contributed by atoms with Crippen molar-refractivity contribution in [3.8, 4) is 0 Å². The number of piperidine rings is 3. The number of esters is 4. The van der Waals surface area contributed by atoms with Crippen molar-refractivity contribution in [1.29, 1.82) is 0 Å². The fourth-order valence-electron chi connectivity index (χ4n) is 13.5. The number of rotatable bonds is 10. The molecule has 32 heteroatoms. The number of methoxy groups -OCH3 is 4. The molecule has 3 unspecified atom stereocenters. The Balaban J connectivity index is 0.000000179. The zero-order valence-corrected chi connectivity index (χ0v) is 63.7. The van der Waals surface area contributed by atoms with Gasteiger partial charge in [0.15, 0.2) is 0 Å². The van der Waals surface area contributed by atoms with Crippen LogP contribution in [0.5, 0.6) is 0 Å². The molecule has 3 saturated heterocycles. The van der Waals surface area contributed by atoms with Crippen molar-refractivity contribution in [3.05, 3.63) is 138 Å². The van der Waals surface area contributed by atoms with Crippen LogP contribution >= 0.6 is 0 Å². The summed E-state index contributed by atoms with van der Waals surface area (Å²) in [6, 6.07) is 11.1. The molecule has 0 aromatic heterocycles. The van der Waals surface area contributed by atoms with Crippen molar-refractivity contribution in [3.63, 3.8) is 0 Å². The Morgan fingerprint density at radius 2 is 0.818 bits per heavy atom. The molecule has 0 aliphatic carbocycles. The lowest BCUT2D eigenvalue weighted by Crippen LogP contribution is -2.54. The Morgan fingerprint density at radius 1 is 0.464 bits per heavy atom. The maximum Gasteiger partial charge on any atom is 0.410 e. The van der Waals surface area contributed by atoms with Gasteiger partial charge in [0.1, 0.15) is 23.3 Å². The monoisotopic (exact) mass is 1530 g/mol. The van der Waals surface area contributed by atoms with E-state index in [9.17, 15) is 76.7 Å². The van der Waals surface area contributed by atoms with Crippen LogP contribution in [0.3, 0.4) is 0 Å². The van der Waals surface area contributed by atoms with Crippen LogP contribution in [-0.4, -0.2) is 204 Å². The van der Waals surface area contributed by atoms with Gasteiger partial charge in [0.25, 0.3) is 23.6 Å². The molecule has 7 N–H and O–H groups in total. The Morgan fingerprint density at radius 3 is 1.21 bits per heavy atom. The van der Waals surface area contributed by atoms with Crippen molar-refractivity contribution < 1.29 is 110 Å². The summed E-state index contributed by atoms with van der Waals surface area (Å²) in [6.07, 6.45) is 7.08. The Kier molecular flexibility index (Phi) is 28.3. The maximum absolute atomic E-state index is 13.0. The SMILES string of the molecule is CC(C)(C)OC(=O)N1CCCc2cc3c(cc2C1)C(=O)N(C1CCC(=O)NC1=O)C3=O.CCc1cc(C(=O)OC)c(C(=O)OC)cc1CCCO.COC(=O)c1cc2c(cc1C(=O)OC)CN(C(=O)OC(C)(C)C)CCC2.NC1CCC(=O)NC1=O.O=C1CCC(N2C(=O)c3cc4c(cc3C2=O)CNCCC4)C(=O)N1. The largest absolute Gasteiger partial charge is 0.465 e. The minimum atomic E-state index is -0.997. The first-order valence-corrected chi connectivity index (χ1v) is 36.3. The summed E-state index contributed by atoms with van der Waals surface area (Å²) in [4.78, 5) is 197. The van der Waals surface area contributed by atoms with E-state index in [-0.39, 0.29) is 89.9 Å². The van der Waals surface area contributed by atoms with E-state index < -0.39 is 107 Å². The lowest BCUT2D eigenvalue weighted by molar-refractivity contribution is -0.137. The molecule has 8 heterocycles. The van der Waals surface area contributed by atoms with Gasteiger partial charge in [0, 0.05) is 58.6 Å². The highest BCUT2D eigenvalue weighted by Gasteiger charge is 2.47. The number of nitrogens with zero attached hydrogens (tertiary/aromatic N) is 4. The first-order valence-electron chi connectivity index (χ1n) is 36.3. The van der Waals surface area contributed by atoms with Gasteiger partial charge in [-0.1, -0.05) is 6.92 Å². The third kappa shape index (κ3) is 20.6. The van der Waals surface area contributed by atoms with Crippen LogP contribution in [0.1, 0.15) is 240 Å². The van der Waals surface area contributed by atoms with E-state index in [0.29, 0.717) is 82.3 Å². The molecule has 0 bridgehead atoms. The van der Waals surface area contributed by atoms with Crippen molar-refractivity contribution in [1.82, 2.24) is 40.9 Å². The number of benzene rings is 4. The Labute approximate surface area is 635 Å². The highest BCUT2D eigenvalue weighted by Crippen LogP contribution is 2.35. The second-order valence-corrected chi connectivity index (χ2v) is 29.1. The Hall–Kier alpha value is -11.1. The number of amides is 12. The van der Waals surface area contributed by atoms with Crippen LogP contribution < -0.4 is 27.0 Å². The van der Waals surface area contributed by atoms with E-state index in [4.69, 9.17) is 39.3 Å². The predicted octanol–water partition coefficient (Wildman–Crippen LogP) is 5.34. The smallest absolute Gasteiger partial charge is 0.410 e. The number of hydrogen-bond acceptors (Lipinski definition) is 25. The number of carbonyl (C=O) groups excluding carboxylic acids is 16. The molecule has 3 atom stereocenters. The summed E-state index contributed by atoms with van der Waals surface area (Å²) in [7, 11) is 5.06. The maximum atomic E-state index is 13.0. The van der Waals surface area contributed by atoms with Crippen LogP contribution in [0.15, 0.2) is 48.5 Å². The molecule has 8 aliphatic rings. The molecule has 12 amide bonds. The molecule has 3 fully saturated rings. The van der Waals surface area contributed by atoms with Gasteiger partial charge in [-0.3, -0.25) is 73.7 Å². The van der Waals surface area contributed by atoms with Crippen LogP contribution in [0, 0.1) is 0 Å². The van der Waals surface area contributed by atoms with Crippen molar-refractivity contribution >= 4 is 95.1 Å². The van der Waals surface area contributed by atoms with Crippen molar-refractivity contribution in [2.45, 2.75) is 194 Å². The number of ether oxygens (including phenoxy) is 6. The first-order chi connectivity index (χ1) is 52.0. The summed E-state index contributed by atoms with van der Waals surface area (Å²) in [5.41, 5.74) is 13.4. The number of aliphatic hydroxyl groups is 1. The fraction of sp³-hybridized carbons (Fsp3) is 0.487. The second-order valence-electron chi connectivity index (χ2n) is 29.1. The van der Waals surface area contributed by atoms with Crippen molar-refractivity contribution in [2.75, 3.05) is 54.7 Å². The first kappa shape index (κ1) is 84.5. The van der Waals surface area contributed by atoms with Crippen LogP contribution in [-0.2, 0) is 109 Å².